The van der Waals surface area contributed by atoms with Crippen LogP contribution in [0.5, 0.6) is 5.88 Å². The van der Waals surface area contributed by atoms with Crippen molar-refractivity contribution < 1.29 is 23.9 Å². The molecule has 0 fully saturated rings. The number of nitrogens with zero attached hydrogens (tertiary/aromatic N) is 2. The monoisotopic (exact) mass is 566 g/mol. The second kappa shape index (κ2) is 14.0. The summed E-state index contributed by atoms with van der Waals surface area (Å²) in [4.78, 5) is 46.9. The van der Waals surface area contributed by atoms with Gasteiger partial charge in [-0.25, -0.2) is 4.98 Å². The van der Waals surface area contributed by atoms with Crippen molar-refractivity contribution in [2.24, 2.45) is 0 Å². The van der Waals surface area contributed by atoms with Crippen LogP contribution in [0.1, 0.15) is 70.9 Å². The molecule has 2 N–H and O–H groups in total. The summed E-state index contributed by atoms with van der Waals surface area (Å²) < 4.78 is 11.2. The average molecular weight is 567 g/mol. The Morgan fingerprint density at radius 3 is 1.95 bits per heavy atom. The van der Waals surface area contributed by atoms with Gasteiger partial charge in [0.15, 0.2) is 0 Å². The van der Waals surface area contributed by atoms with E-state index in [1.807, 2.05) is 91.0 Å². The van der Waals surface area contributed by atoms with E-state index in [1.54, 1.807) is 20.8 Å². The molecule has 4 aromatic rings. The lowest BCUT2D eigenvalue weighted by atomic mass is 9.98. The third-order valence-corrected chi connectivity index (χ3v) is 6.00. The number of rotatable bonds is 11. The summed E-state index contributed by atoms with van der Waals surface area (Å²) in [5.74, 6) is -1.74. The molecule has 216 valence electrons. The lowest BCUT2D eigenvalue weighted by Crippen LogP contribution is -2.32. The Hall–Kier alpha value is -5.05. The smallest absolute Gasteiger partial charge is 0.308 e. The van der Waals surface area contributed by atoms with Gasteiger partial charge in [-0.1, -0.05) is 91.0 Å². The molecule has 0 saturated carbocycles. The molecule has 0 bridgehead atoms. The van der Waals surface area contributed by atoms with Crippen LogP contribution in [0.3, 0.4) is 0 Å². The Morgan fingerprint density at radius 2 is 1.38 bits per heavy atom. The summed E-state index contributed by atoms with van der Waals surface area (Å²) in [6.45, 7) is 5.48. The molecule has 9 heteroatoms. The normalized spacial score (nSPS) is 11.0. The maximum Gasteiger partial charge on any atom is 0.308 e. The number of ether oxygens (including phenoxy) is 2. The van der Waals surface area contributed by atoms with Gasteiger partial charge in [0, 0.05) is 12.7 Å². The summed E-state index contributed by atoms with van der Waals surface area (Å²) in [5, 5.41) is 5.69. The van der Waals surface area contributed by atoms with Crippen LogP contribution in [0.15, 0.2) is 97.2 Å². The zero-order valence-electron chi connectivity index (χ0n) is 23.9. The van der Waals surface area contributed by atoms with Gasteiger partial charge in [-0.3, -0.25) is 14.4 Å². The molecule has 42 heavy (non-hydrogen) atoms. The number of hydrogen-bond donors (Lipinski definition) is 2. The zero-order valence-corrected chi connectivity index (χ0v) is 23.9. The molecule has 0 aliphatic carbocycles. The van der Waals surface area contributed by atoms with Crippen LogP contribution in [0.4, 0.5) is 0 Å². The molecule has 3 aromatic carbocycles. The van der Waals surface area contributed by atoms with E-state index in [0.29, 0.717) is 0 Å². The molecule has 1 heterocycles. The van der Waals surface area contributed by atoms with Crippen molar-refractivity contribution in [1.82, 2.24) is 20.6 Å². The highest BCUT2D eigenvalue weighted by molar-refractivity contribution is 5.97. The fourth-order valence-electron chi connectivity index (χ4n) is 4.08. The first-order chi connectivity index (χ1) is 20.2. The topological polar surface area (TPSA) is 120 Å². The molecule has 0 spiro atoms. The van der Waals surface area contributed by atoms with Crippen LogP contribution >= 0.6 is 0 Å². The van der Waals surface area contributed by atoms with E-state index in [2.05, 4.69) is 20.6 Å². The first-order valence-corrected chi connectivity index (χ1v) is 13.6. The first kappa shape index (κ1) is 29.9. The largest absolute Gasteiger partial charge is 0.472 e. The molecule has 0 aliphatic rings. The van der Waals surface area contributed by atoms with Gasteiger partial charge in [-0.2, -0.15) is 4.98 Å². The zero-order chi connectivity index (χ0) is 30.0. The SMILES string of the molecule is CC(C)(C)OC(=O)CCNC(=O)c1ncc(C(=O)NC(c2ccccc2)c2ccccc2)c(OCc2ccccc2)n1. The van der Waals surface area contributed by atoms with Crippen LogP contribution in [0.25, 0.3) is 0 Å². The fourth-order valence-corrected chi connectivity index (χ4v) is 4.08. The highest BCUT2D eigenvalue weighted by atomic mass is 16.6. The van der Waals surface area contributed by atoms with Gasteiger partial charge in [-0.15, -0.1) is 0 Å². The Morgan fingerprint density at radius 1 is 0.810 bits per heavy atom. The van der Waals surface area contributed by atoms with E-state index in [0.717, 1.165) is 16.7 Å². The van der Waals surface area contributed by atoms with E-state index in [4.69, 9.17) is 9.47 Å². The highest BCUT2D eigenvalue weighted by Crippen LogP contribution is 2.24. The molecule has 4 rings (SSSR count). The second-order valence-corrected chi connectivity index (χ2v) is 10.5. The Balaban J connectivity index is 1.55. The number of benzene rings is 3. The molecule has 0 unspecified atom stereocenters. The number of carbonyl (C=O) groups is 3. The van der Waals surface area contributed by atoms with Crippen molar-refractivity contribution in [2.75, 3.05) is 6.54 Å². The van der Waals surface area contributed by atoms with Crippen molar-refractivity contribution in [1.29, 1.82) is 0 Å². The Kier molecular flexibility index (Phi) is 9.99. The van der Waals surface area contributed by atoms with E-state index >= 15 is 0 Å². The molecule has 9 nitrogen and oxygen atoms in total. The maximum atomic E-state index is 13.7. The number of esters is 1. The van der Waals surface area contributed by atoms with Crippen molar-refractivity contribution >= 4 is 17.8 Å². The fraction of sp³-hybridized carbons (Fsp3) is 0.242. The summed E-state index contributed by atoms with van der Waals surface area (Å²) in [5.41, 5.74) is 2.10. The van der Waals surface area contributed by atoms with Crippen molar-refractivity contribution in [2.45, 2.75) is 45.4 Å². The van der Waals surface area contributed by atoms with Gasteiger partial charge in [0.25, 0.3) is 11.8 Å². The molecule has 0 saturated heterocycles. The van der Waals surface area contributed by atoms with Crippen LogP contribution in [0.2, 0.25) is 0 Å². The molecular formula is C33H34N4O5. The van der Waals surface area contributed by atoms with Gasteiger partial charge in [0.1, 0.15) is 17.8 Å². The Bertz CT molecular complexity index is 1450. The highest BCUT2D eigenvalue weighted by Gasteiger charge is 2.24. The Labute approximate surface area is 245 Å². The van der Waals surface area contributed by atoms with Crippen molar-refractivity contribution in [3.05, 3.63) is 125 Å². The summed E-state index contributed by atoms with van der Waals surface area (Å²) in [6.07, 6.45) is 1.26. The van der Waals surface area contributed by atoms with Crippen molar-refractivity contribution in [3.63, 3.8) is 0 Å². The minimum atomic E-state index is -0.619. The second-order valence-electron chi connectivity index (χ2n) is 10.5. The molecule has 2 amide bonds. The van der Waals surface area contributed by atoms with Crippen LogP contribution in [-0.4, -0.2) is 39.9 Å². The lowest BCUT2D eigenvalue weighted by Gasteiger charge is -2.20. The quantitative estimate of drug-likeness (QED) is 0.244. The van der Waals surface area contributed by atoms with Gasteiger partial charge in [0.05, 0.1) is 12.5 Å². The standard InChI is InChI=1S/C33H34N4O5/c1-33(2,3)42-27(38)19-20-34-31(40)29-35-21-26(32(37-29)41-22-23-13-7-4-8-14-23)30(39)36-28(24-15-9-5-10-16-24)25-17-11-6-12-18-25/h4-18,21,28H,19-20,22H2,1-3H3,(H,34,40)(H,36,39). The van der Waals surface area contributed by atoms with Crippen molar-refractivity contribution in [3.8, 4) is 5.88 Å². The summed E-state index contributed by atoms with van der Waals surface area (Å²) in [6, 6.07) is 28.2. The predicted octanol–water partition coefficient (Wildman–Crippen LogP) is 5.04. The van der Waals surface area contributed by atoms with E-state index < -0.39 is 29.4 Å². The number of hydrogen-bond acceptors (Lipinski definition) is 7. The number of nitrogens with one attached hydrogen (secondary N) is 2. The minimum absolute atomic E-state index is 0.0127. The molecule has 0 aliphatic heterocycles. The van der Waals surface area contributed by atoms with Gasteiger partial charge in [-0.05, 0) is 37.5 Å². The lowest BCUT2D eigenvalue weighted by molar-refractivity contribution is -0.154. The number of amides is 2. The van der Waals surface area contributed by atoms with Gasteiger partial charge >= 0.3 is 5.97 Å². The van der Waals surface area contributed by atoms with Crippen LogP contribution < -0.4 is 15.4 Å². The van der Waals surface area contributed by atoms with Crippen LogP contribution in [0, 0.1) is 0 Å². The van der Waals surface area contributed by atoms with E-state index in [1.165, 1.54) is 6.20 Å². The van der Waals surface area contributed by atoms with Gasteiger partial charge in [0.2, 0.25) is 11.7 Å². The molecule has 0 atom stereocenters. The third-order valence-electron chi connectivity index (χ3n) is 6.00. The van der Waals surface area contributed by atoms with Crippen LogP contribution in [-0.2, 0) is 16.1 Å². The summed E-state index contributed by atoms with van der Waals surface area (Å²) >= 11 is 0. The first-order valence-electron chi connectivity index (χ1n) is 13.6. The van der Waals surface area contributed by atoms with E-state index in [9.17, 15) is 14.4 Å². The minimum Gasteiger partial charge on any atom is -0.472 e. The predicted molar refractivity (Wildman–Crippen MR) is 158 cm³/mol. The summed E-state index contributed by atoms with van der Waals surface area (Å²) in [7, 11) is 0. The number of aromatic nitrogens is 2. The molecule has 0 radical (unpaired) electrons. The molecular weight excluding hydrogens is 532 g/mol. The van der Waals surface area contributed by atoms with E-state index in [-0.39, 0.29) is 36.8 Å². The average Bonchev–Trinajstić information content (AvgIpc) is 2.99. The number of carbonyl (C=O) groups excluding carboxylic acids is 3. The third kappa shape index (κ3) is 8.72. The maximum absolute atomic E-state index is 13.7. The molecule has 1 aromatic heterocycles. The van der Waals surface area contributed by atoms with Gasteiger partial charge < -0.3 is 20.1 Å².